The van der Waals surface area contributed by atoms with Crippen LogP contribution in [0, 0.1) is 18.8 Å². The Balaban J connectivity index is 1.92. The molecular formula is C17H26N2O2. The summed E-state index contributed by atoms with van der Waals surface area (Å²) in [4.78, 5) is 12.2. The Hall–Kier alpha value is -1.55. The van der Waals surface area contributed by atoms with E-state index in [1.165, 1.54) is 12.8 Å². The van der Waals surface area contributed by atoms with Crippen LogP contribution < -0.4 is 15.4 Å². The van der Waals surface area contributed by atoms with Gasteiger partial charge in [-0.1, -0.05) is 13.0 Å². The Morgan fingerprint density at radius 1 is 1.52 bits per heavy atom. The first-order valence-electron chi connectivity index (χ1n) is 7.75. The molecule has 2 N–H and O–H groups in total. The lowest BCUT2D eigenvalue weighted by atomic mass is 9.85. The number of hydrogen-bond acceptors (Lipinski definition) is 3. The van der Waals surface area contributed by atoms with Crippen LogP contribution in [0.1, 0.15) is 31.7 Å². The van der Waals surface area contributed by atoms with Gasteiger partial charge in [-0.3, -0.25) is 4.79 Å². The number of nitrogens with one attached hydrogen (secondary N) is 2. The Labute approximate surface area is 127 Å². The van der Waals surface area contributed by atoms with Gasteiger partial charge in [-0.25, -0.2) is 0 Å². The SMILES string of the molecule is COc1cc(C)ccc1NC(=O)CC(C)C1CCCNC1. The number of amides is 1. The van der Waals surface area contributed by atoms with Gasteiger partial charge in [0.25, 0.3) is 0 Å². The van der Waals surface area contributed by atoms with E-state index >= 15 is 0 Å². The predicted molar refractivity (Wildman–Crippen MR) is 85.7 cm³/mol. The zero-order valence-electron chi connectivity index (χ0n) is 13.2. The minimum atomic E-state index is 0.0650. The maximum Gasteiger partial charge on any atom is 0.224 e. The zero-order chi connectivity index (χ0) is 15.2. The topological polar surface area (TPSA) is 50.4 Å². The number of hydrogen-bond donors (Lipinski definition) is 2. The van der Waals surface area contributed by atoms with E-state index in [2.05, 4.69) is 17.6 Å². The fourth-order valence-electron chi connectivity index (χ4n) is 2.93. The Kier molecular flexibility index (Phi) is 5.62. The second-order valence-corrected chi connectivity index (χ2v) is 6.04. The molecule has 1 aromatic rings. The maximum absolute atomic E-state index is 12.2. The van der Waals surface area contributed by atoms with E-state index in [-0.39, 0.29) is 5.91 Å². The molecule has 2 unspecified atom stereocenters. The summed E-state index contributed by atoms with van der Waals surface area (Å²) in [6.07, 6.45) is 2.99. The van der Waals surface area contributed by atoms with Gasteiger partial charge < -0.3 is 15.4 Å². The summed E-state index contributed by atoms with van der Waals surface area (Å²) in [6.45, 7) is 6.31. The summed E-state index contributed by atoms with van der Waals surface area (Å²) in [5, 5.41) is 6.39. The Bertz CT molecular complexity index is 482. The lowest BCUT2D eigenvalue weighted by molar-refractivity contribution is -0.117. The third kappa shape index (κ3) is 4.46. The molecule has 4 nitrogen and oxygen atoms in total. The highest BCUT2D eigenvalue weighted by Crippen LogP contribution is 2.27. The minimum Gasteiger partial charge on any atom is -0.495 e. The van der Waals surface area contributed by atoms with E-state index in [0.717, 1.165) is 30.1 Å². The van der Waals surface area contributed by atoms with E-state index in [1.807, 2.05) is 25.1 Å². The van der Waals surface area contributed by atoms with Gasteiger partial charge >= 0.3 is 0 Å². The number of aryl methyl sites for hydroxylation is 1. The fraction of sp³-hybridized carbons (Fsp3) is 0.588. The van der Waals surface area contributed by atoms with Crippen molar-refractivity contribution in [2.75, 3.05) is 25.5 Å². The molecule has 116 valence electrons. The summed E-state index contributed by atoms with van der Waals surface area (Å²) in [6, 6.07) is 5.82. The number of benzene rings is 1. The zero-order valence-corrected chi connectivity index (χ0v) is 13.2. The molecule has 2 rings (SSSR count). The number of anilines is 1. The molecule has 1 aliphatic rings. The Morgan fingerprint density at radius 2 is 2.33 bits per heavy atom. The van der Waals surface area contributed by atoms with Crippen molar-refractivity contribution < 1.29 is 9.53 Å². The van der Waals surface area contributed by atoms with Crippen molar-refractivity contribution in [3.05, 3.63) is 23.8 Å². The van der Waals surface area contributed by atoms with Crippen molar-refractivity contribution in [3.8, 4) is 5.75 Å². The van der Waals surface area contributed by atoms with Crippen LogP contribution in [-0.4, -0.2) is 26.1 Å². The largest absolute Gasteiger partial charge is 0.495 e. The van der Waals surface area contributed by atoms with E-state index in [1.54, 1.807) is 7.11 Å². The molecule has 1 aromatic carbocycles. The van der Waals surface area contributed by atoms with Crippen molar-refractivity contribution in [1.82, 2.24) is 5.32 Å². The van der Waals surface area contributed by atoms with Gasteiger partial charge in [-0.2, -0.15) is 0 Å². The van der Waals surface area contributed by atoms with Crippen molar-refractivity contribution in [2.24, 2.45) is 11.8 Å². The molecule has 2 atom stereocenters. The fourth-order valence-corrected chi connectivity index (χ4v) is 2.93. The van der Waals surface area contributed by atoms with Gasteiger partial charge in [0.05, 0.1) is 12.8 Å². The van der Waals surface area contributed by atoms with Crippen molar-refractivity contribution >= 4 is 11.6 Å². The highest BCUT2D eigenvalue weighted by atomic mass is 16.5. The van der Waals surface area contributed by atoms with Crippen LogP contribution in [0.2, 0.25) is 0 Å². The van der Waals surface area contributed by atoms with Crippen molar-refractivity contribution in [3.63, 3.8) is 0 Å². The van der Waals surface area contributed by atoms with Gasteiger partial charge in [-0.15, -0.1) is 0 Å². The normalized spacial score (nSPS) is 19.9. The van der Waals surface area contributed by atoms with Crippen LogP contribution in [0.25, 0.3) is 0 Å². The minimum absolute atomic E-state index is 0.0650. The van der Waals surface area contributed by atoms with Crippen LogP contribution in [0.3, 0.4) is 0 Å². The molecule has 4 heteroatoms. The summed E-state index contributed by atoms with van der Waals surface area (Å²) in [5.74, 6) is 1.78. The second-order valence-electron chi connectivity index (χ2n) is 6.04. The van der Waals surface area contributed by atoms with Crippen LogP contribution in [-0.2, 0) is 4.79 Å². The summed E-state index contributed by atoms with van der Waals surface area (Å²) < 4.78 is 5.32. The molecule has 0 saturated carbocycles. The van der Waals surface area contributed by atoms with Crippen molar-refractivity contribution in [2.45, 2.75) is 33.1 Å². The number of carbonyl (C=O) groups is 1. The second kappa shape index (κ2) is 7.46. The van der Waals surface area contributed by atoms with E-state index < -0.39 is 0 Å². The van der Waals surface area contributed by atoms with Gasteiger partial charge in [0.15, 0.2) is 0 Å². The summed E-state index contributed by atoms with van der Waals surface area (Å²) in [7, 11) is 1.63. The smallest absolute Gasteiger partial charge is 0.224 e. The first-order chi connectivity index (χ1) is 10.1. The van der Waals surface area contributed by atoms with Crippen molar-refractivity contribution in [1.29, 1.82) is 0 Å². The highest BCUT2D eigenvalue weighted by molar-refractivity contribution is 5.92. The van der Waals surface area contributed by atoms with Crippen LogP contribution in [0.4, 0.5) is 5.69 Å². The van der Waals surface area contributed by atoms with Crippen LogP contribution in [0.5, 0.6) is 5.75 Å². The molecule has 1 fully saturated rings. The number of ether oxygens (including phenoxy) is 1. The molecule has 0 aliphatic carbocycles. The number of methoxy groups -OCH3 is 1. The summed E-state index contributed by atoms with van der Waals surface area (Å²) >= 11 is 0. The first-order valence-corrected chi connectivity index (χ1v) is 7.75. The van der Waals surface area contributed by atoms with Crippen LogP contribution in [0.15, 0.2) is 18.2 Å². The van der Waals surface area contributed by atoms with Gasteiger partial charge in [0.1, 0.15) is 5.75 Å². The number of rotatable bonds is 5. The lowest BCUT2D eigenvalue weighted by Gasteiger charge is -2.28. The molecule has 0 bridgehead atoms. The number of piperidine rings is 1. The van der Waals surface area contributed by atoms with Gasteiger partial charge in [-0.05, 0) is 62.4 Å². The third-order valence-corrected chi connectivity index (χ3v) is 4.28. The lowest BCUT2D eigenvalue weighted by Crippen LogP contribution is -2.34. The monoisotopic (exact) mass is 290 g/mol. The summed E-state index contributed by atoms with van der Waals surface area (Å²) in [5.41, 5.74) is 1.87. The molecule has 1 heterocycles. The average Bonchev–Trinajstić information content (AvgIpc) is 2.49. The molecular weight excluding hydrogens is 264 g/mol. The molecule has 21 heavy (non-hydrogen) atoms. The molecule has 0 aromatic heterocycles. The number of carbonyl (C=O) groups excluding carboxylic acids is 1. The average molecular weight is 290 g/mol. The maximum atomic E-state index is 12.2. The Morgan fingerprint density at radius 3 is 3.00 bits per heavy atom. The molecule has 1 amide bonds. The third-order valence-electron chi connectivity index (χ3n) is 4.28. The van der Waals surface area contributed by atoms with E-state index in [9.17, 15) is 4.79 Å². The molecule has 1 aliphatic heterocycles. The molecule has 0 spiro atoms. The van der Waals surface area contributed by atoms with Gasteiger partial charge in [0, 0.05) is 6.42 Å². The van der Waals surface area contributed by atoms with E-state index in [0.29, 0.717) is 18.3 Å². The highest BCUT2D eigenvalue weighted by Gasteiger charge is 2.22. The molecule has 0 radical (unpaired) electrons. The predicted octanol–water partition coefficient (Wildman–Crippen LogP) is 2.97. The first kappa shape index (κ1) is 15.8. The van der Waals surface area contributed by atoms with Crippen LogP contribution >= 0.6 is 0 Å². The van der Waals surface area contributed by atoms with E-state index in [4.69, 9.17) is 4.74 Å². The quantitative estimate of drug-likeness (QED) is 0.876. The molecule has 1 saturated heterocycles. The standard InChI is InChI=1S/C17H26N2O2/c1-12-6-7-15(16(9-12)21-3)19-17(20)10-13(2)14-5-4-8-18-11-14/h6-7,9,13-14,18H,4-5,8,10-11H2,1-3H3,(H,19,20). The van der Waals surface area contributed by atoms with Gasteiger partial charge in [0.2, 0.25) is 5.91 Å².